The van der Waals surface area contributed by atoms with E-state index in [0.717, 1.165) is 24.3 Å². The first-order valence-electron chi connectivity index (χ1n) is 10.3. The van der Waals surface area contributed by atoms with Crippen molar-refractivity contribution in [3.05, 3.63) is 46.5 Å². The Morgan fingerprint density at radius 3 is 2.69 bits per heavy atom. The highest BCUT2D eigenvalue weighted by Crippen LogP contribution is 2.26. The summed E-state index contributed by atoms with van der Waals surface area (Å²) in [6.07, 6.45) is 2.08. The van der Waals surface area contributed by atoms with Gasteiger partial charge < -0.3 is 20.7 Å². The average molecular weight is 473 g/mol. The molecule has 2 unspecified atom stereocenters. The lowest BCUT2D eigenvalue weighted by Crippen LogP contribution is -2.35. The second kappa shape index (κ2) is 10.1. The average Bonchev–Trinajstić information content (AvgIpc) is 3.55. The normalized spacial score (nSPS) is 16.5. The molecule has 1 aromatic carbocycles. The molecular weight excluding hydrogens is 448 g/mol. The van der Waals surface area contributed by atoms with Gasteiger partial charge in [0.25, 0.3) is 0 Å². The van der Waals surface area contributed by atoms with Crippen LogP contribution >= 0.6 is 23.6 Å². The number of nitrogens with zero attached hydrogens (tertiary/aromatic N) is 2. The second-order valence-corrected chi connectivity index (χ2v) is 8.75. The first-order valence-corrected chi connectivity index (χ1v) is 11.6. The maximum atomic E-state index is 12.9. The van der Waals surface area contributed by atoms with Crippen molar-refractivity contribution in [1.29, 1.82) is 0 Å². The van der Waals surface area contributed by atoms with Gasteiger partial charge >= 0.3 is 6.03 Å². The maximum Gasteiger partial charge on any atom is 0.319 e. The van der Waals surface area contributed by atoms with Crippen molar-refractivity contribution in [2.75, 3.05) is 23.8 Å². The highest BCUT2D eigenvalue weighted by molar-refractivity contribution is 7.71. The van der Waals surface area contributed by atoms with Crippen LogP contribution in [0.15, 0.2) is 41.8 Å². The van der Waals surface area contributed by atoms with E-state index in [1.54, 1.807) is 35.8 Å². The summed E-state index contributed by atoms with van der Waals surface area (Å²) in [5, 5.41) is 17.4. The Kier molecular flexibility index (Phi) is 6.98. The predicted octanol–water partition coefficient (Wildman–Crippen LogP) is 4.17. The van der Waals surface area contributed by atoms with E-state index in [1.165, 1.54) is 11.3 Å². The van der Waals surface area contributed by atoms with E-state index >= 15 is 0 Å². The number of carbonyl (C=O) groups excluding carboxylic acids is 2. The molecule has 4 N–H and O–H groups in total. The van der Waals surface area contributed by atoms with Crippen LogP contribution in [-0.2, 0) is 9.53 Å². The molecule has 2 aromatic heterocycles. The number of carbonyl (C=O) groups is 2. The van der Waals surface area contributed by atoms with Gasteiger partial charge in [0.05, 0.1) is 11.0 Å². The van der Waals surface area contributed by atoms with E-state index in [1.807, 2.05) is 17.5 Å². The Hall–Kier alpha value is -3.02. The van der Waals surface area contributed by atoms with Gasteiger partial charge in [0.15, 0.2) is 10.6 Å². The molecule has 9 nitrogen and oxygen atoms in total. The maximum absolute atomic E-state index is 12.9. The Morgan fingerprint density at radius 1 is 1.28 bits per heavy atom. The molecule has 3 aromatic rings. The van der Waals surface area contributed by atoms with E-state index in [2.05, 4.69) is 26.1 Å². The fourth-order valence-corrected chi connectivity index (χ4v) is 4.43. The molecule has 0 spiro atoms. The number of hydrogen-bond acceptors (Lipinski definition) is 6. The fraction of sp³-hybridized carbons (Fsp3) is 0.333. The molecule has 1 fully saturated rings. The summed E-state index contributed by atoms with van der Waals surface area (Å²) < 4.78 is 7.57. The third kappa shape index (κ3) is 5.23. The number of amides is 3. The molecule has 1 saturated heterocycles. The van der Waals surface area contributed by atoms with E-state index in [4.69, 9.17) is 17.0 Å². The molecule has 11 heteroatoms. The highest BCUT2D eigenvalue weighted by Gasteiger charge is 2.21. The minimum Gasteiger partial charge on any atom is -0.376 e. The van der Waals surface area contributed by atoms with Gasteiger partial charge in [-0.15, -0.1) is 11.3 Å². The predicted molar refractivity (Wildman–Crippen MR) is 127 cm³/mol. The lowest BCUT2D eigenvalue weighted by Gasteiger charge is -2.16. The molecule has 4 rings (SSSR count). The van der Waals surface area contributed by atoms with Crippen LogP contribution in [-0.4, -0.2) is 46.0 Å². The Morgan fingerprint density at radius 2 is 2.03 bits per heavy atom. The zero-order chi connectivity index (χ0) is 22.5. The van der Waals surface area contributed by atoms with Crippen molar-refractivity contribution in [2.24, 2.45) is 0 Å². The molecular formula is C21H24N6O3S2. The minimum absolute atomic E-state index is 0.0874. The molecule has 1 aliphatic rings. The SMILES string of the molecule is CC(C(=O)Nc1ccc(NC(=O)NCC2CCCO2)cc1)n1c(-c2cccs2)n[nH]c1=S. The van der Waals surface area contributed by atoms with Crippen LogP contribution in [0.2, 0.25) is 0 Å². The summed E-state index contributed by atoms with van der Waals surface area (Å²) in [5.74, 6) is 0.400. The molecule has 0 bridgehead atoms. The van der Waals surface area contributed by atoms with Gasteiger partial charge in [0.2, 0.25) is 5.91 Å². The van der Waals surface area contributed by atoms with Crippen molar-refractivity contribution in [3.8, 4) is 10.7 Å². The quantitative estimate of drug-likeness (QED) is 0.386. The van der Waals surface area contributed by atoms with Gasteiger partial charge in [-0.2, -0.15) is 5.10 Å². The van der Waals surface area contributed by atoms with Gasteiger partial charge in [-0.25, -0.2) is 4.79 Å². The minimum atomic E-state index is -0.570. The molecule has 1 aliphatic heterocycles. The number of ether oxygens (including phenoxy) is 1. The largest absolute Gasteiger partial charge is 0.376 e. The molecule has 3 amide bonds. The molecule has 32 heavy (non-hydrogen) atoms. The van der Waals surface area contributed by atoms with E-state index in [0.29, 0.717) is 28.5 Å². The second-order valence-electron chi connectivity index (χ2n) is 7.41. The number of benzene rings is 1. The number of anilines is 2. The number of nitrogens with one attached hydrogen (secondary N) is 4. The highest BCUT2D eigenvalue weighted by atomic mass is 32.1. The zero-order valence-corrected chi connectivity index (χ0v) is 19.1. The van der Waals surface area contributed by atoms with Gasteiger partial charge in [0.1, 0.15) is 6.04 Å². The van der Waals surface area contributed by atoms with Gasteiger partial charge in [-0.1, -0.05) is 6.07 Å². The van der Waals surface area contributed by atoms with Crippen LogP contribution in [0.25, 0.3) is 10.7 Å². The fourth-order valence-electron chi connectivity index (χ4n) is 3.43. The molecule has 3 heterocycles. The Labute approximate surface area is 194 Å². The molecule has 2 atom stereocenters. The summed E-state index contributed by atoms with van der Waals surface area (Å²) in [4.78, 5) is 25.8. The molecule has 0 saturated carbocycles. The monoisotopic (exact) mass is 472 g/mol. The van der Waals surface area contributed by atoms with Crippen LogP contribution in [0.3, 0.4) is 0 Å². The van der Waals surface area contributed by atoms with Gasteiger partial charge in [-0.3, -0.25) is 14.5 Å². The van der Waals surface area contributed by atoms with Crippen molar-refractivity contribution in [2.45, 2.75) is 31.9 Å². The summed E-state index contributed by atoms with van der Waals surface area (Å²) >= 11 is 6.86. The summed E-state index contributed by atoms with van der Waals surface area (Å²) in [7, 11) is 0. The van der Waals surface area contributed by atoms with Crippen molar-refractivity contribution in [3.63, 3.8) is 0 Å². The van der Waals surface area contributed by atoms with E-state index < -0.39 is 6.04 Å². The number of H-pyrrole nitrogens is 1. The van der Waals surface area contributed by atoms with E-state index in [9.17, 15) is 9.59 Å². The van der Waals surface area contributed by atoms with Crippen LogP contribution in [0.4, 0.5) is 16.2 Å². The van der Waals surface area contributed by atoms with Crippen molar-refractivity contribution < 1.29 is 14.3 Å². The summed E-state index contributed by atoms with van der Waals surface area (Å²) in [6, 6.07) is 9.91. The van der Waals surface area contributed by atoms with Crippen molar-refractivity contribution >= 4 is 46.9 Å². The summed E-state index contributed by atoms with van der Waals surface area (Å²) in [6.45, 7) is 3.01. The summed E-state index contributed by atoms with van der Waals surface area (Å²) in [5.41, 5.74) is 1.23. The Balaban J connectivity index is 1.34. The van der Waals surface area contributed by atoms with Gasteiger partial charge in [-0.05, 0) is 67.7 Å². The third-order valence-corrected chi connectivity index (χ3v) is 6.29. The van der Waals surface area contributed by atoms with Crippen LogP contribution in [0.1, 0.15) is 25.8 Å². The van der Waals surface area contributed by atoms with Crippen molar-refractivity contribution in [1.82, 2.24) is 20.1 Å². The van der Waals surface area contributed by atoms with Crippen LogP contribution in [0, 0.1) is 4.77 Å². The topological polar surface area (TPSA) is 113 Å². The zero-order valence-electron chi connectivity index (χ0n) is 17.5. The molecule has 0 aliphatic carbocycles. The third-order valence-electron chi connectivity index (χ3n) is 5.14. The lowest BCUT2D eigenvalue weighted by atomic mass is 10.2. The first kappa shape index (κ1) is 22.2. The number of urea groups is 1. The number of aromatic nitrogens is 3. The van der Waals surface area contributed by atoms with E-state index in [-0.39, 0.29) is 18.0 Å². The number of hydrogen-bond donors (Lipinski definition) is 4. The first-order chi connectivity index (χ1) is 15.5. The standard InChI is InChI=1S/C21H24N6O3S2/c1-13(27-18(25-26-21(27)31)17-5-3-11-32-17)19(28)23-14-6-8-15(9-7-14)24-20(29)22-12-16-4-2-10-30-16/h3,5-9,11,13,16H,2,4,10,12H2,1H3,(H,23,28)(H,26,31)(H2,22,24,29). The number of rotatable bonds is 7. The number of aromatic amines is 1. The molecule has 0 radical (unpaired) electrons. The smallest absolute Gasteiger partial charge is 0.319 e. The Bertz CT molecular complexity index is 1120. The lowest BCUT2D eigenvalue weighted by molar-refractivity contribution is -0.118. The molecule has 168 valence electrons. The van der Waals surface area contributed by atoms with Crippen LogP contribution in [0.5, 0.6) is 0 Å². The van der Waals surface area contributed by atoms with Gasteiger partial charge in [0, 0.05) is 24.5 Å². The number of thiophene rings is 1. The van der Waals surface area contributed by atoms with Crippen LogP contribution < -0.4 is 16.0 Å².